The van der Waals surface area contributed by atoms with Crippen molar-refractivity contribution >= 4 is 34.1 Å². The van der Waals surface area contributed by atoms with Crippen LogP contribution in [0.1, 0.15) is 62.5 Å². The van der Waals surface area contributed by atoms with Crippen LogP contribution in [0, 0.1) is 5.92 Å². The number of carbonyl (C=O) groups is 1. The Morgan fingerprint density at radius 1 is 0.844 bits per heavy atom. The molecule has 1 heterocycles. The SMILES string of the molecule is CS(=O)(=O)Nc1ccc(Oc2ccc(CN3CCC(N(Cc4ccccc4)C(=O)NCCC4CCCCC4)CC3)cc2)cc1.Cl. The van der Waals surface area contributed by atoms with Crippen molar-refractivity contribution in [3.05, 3.63) is 90.0 Å². The average Bonchev–Trinajstić information content (AvgIpc) is 3.02. The van der Waals surface area contributed by atoms with E-state index in [0.717, 1.165) is 63.4 Å². The van der Waals surface area contributed by atoms with Gasteiger partial charge in [-0.3, -0.25) is 9.62 Å². The molecule has 1 aliphatic heterocycles. The van der Waals surface area contributed by atoms with E-state index >= 15 is 0 Å². The molecule has 0 unspecified atom stereocenters. The first kappa shape index (κ1) is 34.6. The van der Waals surface area contributed by atoms with Gasteiger partial charge in [0.1, 0.15) is 11.5 Å². The van der Waals surface area contributed by atoms with E-state index in [-0.39, 0.29) is 24.5 Å². The van der Waals surface area contributed by atoms with Gasteiger partial charge in [-0.25, -0.2) is 13.2 Å². The van der Waals surface area contributed by atoms with Crippen LogP contribution in [0.3, 0.4) is 0 Å². The number of nitrogens with zero attached hydrogens (tertiary/aromatic N) is 2. The fourth-order valence-electron chi connectivity index (χ4n) is 6.36. The van der Waals surface area contributed by atoms with Crippen molar-refractivity contribution in [3.63, 3.8) is 0 Å². The molecule has 5 rings (SSSR count). The minimum Gasteiger partial charge on any atom is -0.457 e. The third-order valence-corrected chi connectivity index (χ3v) is 9.34. The number of ether oxygens (including phenoxy) is 1. The molecular formula is C35H47ClN4O4S. The molecule has 3 aromatic rings. The van der Waals surface area contributed by atoms with Gasteiger partial charge in [-0.1, -0.05) is 74.6 Å². The van der Waals surface area contributed by atoms with E-state index < -0.39 is 10.0 Å². The normalized spacial score (nSPS) is 16.4. The molecule has 2 amide bonds. The Balaban J connectivity index is 0.00000461. The number of carbonyl (C=O) groups excluding carboxylic acids is 1. The minimum absolute atomic E-state index is 0. The third kappa shape index (κ3) is 11.2. The predicted molar refractivity (Wildman–Crippen MR) is 184 cm³/mol. The first-order valence-corrected chi connectivity index (χ1v) is 17.9. The van der Waals surface area contributed by atoms with Crippen molar-refractivity contribution in [2.24, 2.45) is 5.92 Å². The van der Waals surface area contributed by atoms with Gasteiger partial charge >= 0.3 is 6.03 Å². The molecule has 2 aliphatic rings. The Kier molecular flexibility index (Phi) is 13.0. The molecule has 10 heteroatoms. The summed E-state index contributed by atoms with van der Waals surface area (Å²) in [6.07, 6.45) is 10.7. The summed E-state index contributed by atoms with van der Waals surface area (Å²) in [5.41, 5.74) is 2.88. The standard InChI is InChI=1S/C35H46N4O4S.ClH/c1-44(41,42)37-31-14-18-34(19-15-31)43-33-16-12-30(13-17-33)26-38-24-21-32(22-25-38)39(27-29-10-6-3-7-11-29)35(40)36-23-20-28-8-4-2-5-9-28;/h3,6-7,10-19,28,32,37H,2,4-5,8-9,20-27H2,1H3,(H,36,40);1H. The Morgan fingerprint density at radius 2 is 1.47 bits per heavy atom. The van der Waals surface area contributed by atoms with Crippen LogP contribution in [-0.4, -0.2) is 56.2 Å². The van der Waals surface area contributed by atoms with E-state index in [4.69, 9.17) is 4.74 Å². The summed E-state index contributed by atoms with van der Waals surface area (Å²) >= 11 is 0. The Labute approximate surface area is 275 Å². The topological polar surface area (TPSA) is 91.0 Å². The Bertz CT molecular complexity index is 1420. The second-order valence-corrected chi connectivity index (χ2v) is 14.0. The van der Waals surface area contributed by atoms with Crippen LogP contribution in [0.5, 0.6) is 11.5 Å². The Hall–Kier alpha value is -3.27. The lowest BCUT2D eigenvalue weighted by Crippen LogP contribution is -2.50. The van der Waals surface area contributed by atoms with Gasteiger partial charge in [-0.15, -0.1) is 12.4 Å². The van der Waals surface area contributed by atoms with Gasteiger partial charge in [0.05, 0.1) is 6.26 Å². The maximum absolute atomic E-state index is 13.5. The predicted octanol–water partition coefficient (Wildman–Crippen LogP) is 7.42. The van der Waals surface area contributed by atoms with Gasteiger partial charge in [-0.2, -0.15) is 0 Å². The highest BCUT2D eigenvalue weighted by atomic mass is 35.5. The second kappa shape index (κ2) is 16.9. The number of likely N-dealkylation sites (tertiary alicyclic amines) is 1. The summed E-state index contributed by atoms with van der Waals surface area (Å²) < 4.78 is 31.2. The van der Waals surface area contributed by atoms with Crippen molar-refractivity contribution in [1.82, 2.24) is 15.1 Å². The number of benzene rings is 3. The van der Waals surface area contributed by atoms with E-state index in [0.29, 0.717) is 18.0 Å². The fraction of sp³-hybridized carbons (Fsp3) is 0.457. The number of rotatable bonds is 12. The van der Waals surface area contributed by atoms with Crippen LogP contribution >= 0.6 is 12.4 Å². The van der Waals surface area contributed by atoms with Crippen LogP contribution in [0.4, 0.5) is 10.5 Å². The number of hydrogen-bond donors (Lipinski definition) is 2. The van der Waals surface area contributed by atoms with Gasteiger partial charge in [-0.05, 0) is 72.7 Å². The molecule has 0 spiro atoms. The van der Waals surface area contributed by atoms with E-state index in [2.05, 4.69) is 44.1 Å². The van der Waals surface area contributed by atoms with Crippen molar-refractivity contribution in [1.29, 1.82) is 0 Å². The van der Waals surface area contributed by atoms with Gasteiger partial charge in [0.2, 0.25) is 10.0 Å². The van der Waals surface area contributed by atoms with Crippen LogP contribution in [-0.2, 0) is 23.1 Å². The quantitative estimate of drug-likeness (QED) is 0.212. The third-order valence-electron chi connectivity index (χ3n) is 8.73. The maximum Gasteiger partial charge on any atom is 0.317 e. The molecule has 0 aromatic heterocycles. The molecule has 45 heavy (non-hydrogen) atoms. The van der Waals surface area contributed by atoms with Crippen molar-refractivity contribution < 1.29 is 17.9 Å². The van der Waals surface area contributed by atoms with E-state index in [1.807, 2.05) is 30.3 Å². The average molecular weight is 655 g/mol. The van der Waals surface area contributed by atoms with E-state index in [1.165, 1.54) is 43.2 Å². The number of anilines is 1. The molecule has 2 N–H and O–H groups in total. The van der Waals surface area contributed by atoms with E-state index in [9.17, 15) is 13.2 Å². The van der Waals surface area contributed by atoms with Crippen molar-refractivity contribution in [2.75, 3.05) is 30.6 Å². The second-order valence-electron chi connectivity index (χ2n) is 12.3. The minimum atomic E-state index is -3.31. The summed E-state index contributed by atoms with van der Waals surface area (Å²) in [6.45, 7) is 4.14. The summed E-state index contributed by atoms with van der Waals surface area (Å²) in [6, 6.07) is 25.5. The first-order chi connectivity index (χ1) is 21.3. The highest BCUT2D eigenvalue weighted by Crippen LogP contribution is 2.27. The lowest BCUT2D eigenvalue weighted by molar-refractivity contribution is 0.113. The van der Waals surface area contributed by atoms with Crippen LogP contribution < -0.4 is 14.8 Å². The number of halogens is 1. The molecule has 0 radical (unpaired) electrons. The number of amides is 2. The largest absolute Gasteiger partial charge is 0.457 e. The zero-order chi connectivity index (χ0) is 30.8. The van der Waals surface area contributed by atoms with Gasteiger partial charge in [0, 0.05) is 44.5 Å². The van der Waals surface area contributed by atoms with Gasteiger partial charge in [0.25, 0.3) is 0 Å². The van der Waals surface area contributed by atoms with Crippen LogP contribution in [0.2, 0.25) is 0 Å². The monoisotopic (exact) mass is 654 g/mol. The van der Waals surface area contributed by atoms with Crippen LogP contribution in [0.15, 0.2) is 78.9 Å². The summed E-state index contributed by atoms with van der Waals surface area (Å²) in [5.74, 6) is 2.12. The molecule has 8 nitrogen and oxygen atoms in total. The number of piperidine rings is 1. The van der Waals surface area contributed by atoms with Crippen LogP contribution in [0.25, 0.3) is 0 Å². The molecule has 1 aliphatic carbocycles. The molecule has 2 fully saturated rings. The van der Waals surface area contributed by atoms with E-state index in [1.54, 1.807) is 24.3 Å². The summed E-state index contributed by atoms with van der Waals surface area (Å²) in [5, 5.41) is 3.27. The van der Waals surface area contributed by atoms with Crippen molar-refractivity contribution in [3.8, 4) is 11.5 Å². The van der Waals surface area contributed by atoms with Gasteiger partial charge in [0.15, 0.2) is 0 Å². The molecule has 0 atom stereocenters. The number of urea groups is 1. The van der Waals surface area contributed by atoms with Crippen molar-refractivity contribution in [2.45, 2.75) is 70.5 Å². The fourth-order valence-corrected chi connectivity index (χ4v) is 6.92. The molecular weight excluding hydrogens is 608 g/mol. The Morgan fingerprint density at radius 3 is 2.09 bits per heavy atom. The van der Waals surface area contributed by atoms with Gasteiger partial charge < -0.3 is 15.0 Å². The number of sulfonamides is 1. The molecule has 244 valence electrons. The maximum atomic E-state index is 13.5. The lowest BCUT2D eigenvalue weighted by atomic mass is 9.87. The molecule has 1 saturated heterocycles. The molecule has 1 saturated carbocycles. The number of nitrogens with one attached hydrogen (secondary N) is 2. The zero-order valence-electron chi connectivity index (χ0n) is 26.2. The summed E-state index contributed by atoms with van der Waals surface area (Å²) in [7, 11) is -3.31. The molecule has 0 bridgehead atoms. The smallest absolute Gasteiger partial charge is 0.317 e. The number of hydrogen-bond acceptors (Lipinski definition) is 5. The highest BCUT2D eigenvalue weighted by Gasteiger charge is 2.28. The summed E-state index contributed by atoms with van der Waals surface area (Å²) in [4.78, 5) is 18.0. The molecule has 3 aromatic carbocycles. The zero-order valence-corrected chi connectivity index (χ0v) is 27.8. The first-order valence-electron chi connectivity index (χ1n) is 16.0. The highest BCUT2D eigenvalue weighted by molar-refractivity contribution is 7.92. The lowest BCUT2D eigenvalue weighted by Gasteiger charge is -2.38.